The molecule has 2 rings (SSSR count). The van der Waals surface area contributed by atoms with Crippen molar-refractivity contribution in [3.8, 4) is 11.8 Å². The number of benzene rings is 2. The van der Waals surface area contributed by atoms with Crippen molar-refractivity contribution in [2.75, 3.05) is 5.73 Å². The zero-order valence-corrected chi connectivity index (χ0v) is 10.0. The molecule has 2 aromatic rings. The van der Waals surface area contributed by atoms with Crippen molar-refractivity contribution in [1.29, 1.82) is 0 Å². The fourth-order valence-electron chi connectivity index (χ4n) is 1.49. The predicted octanol–water partition coefficient (Wildman–Crippen LogP) is 3.52. The average Bonchev–Trinajstić information content (AvgIpc) is 2.35. The molecule has 0 aliphatic heterocycles. The van der Waals surface area contributed by atoms with Gasteiger partial charge in [0.05, 0.1) is 0 Å². The van der Waals surface area contributed by atoms with Gasteiger partial charge in [0.2, 0.25) is 0 Å². The summed E-state index contributed by atoms with van der Waals surface area (Å²) in [5.74, 6) is 6.19. The maximum atomic E-state index is 5.91. The van der Waals surface area contributed by atoms with E-state index in [0.29, 0.717) is 11.4 Å². The van der Waals surface area contributed by atoms with E-state index in [2.05, 4.69) is 11.8 Å². The Labute approximate surface area is 106 Å². The highest BCUT2D eigenvalue weighted by atomic mass is 35.5. The predicted molar refractivity (Wildman–Crippen MR) is 72.9 cm³/mol. The molecule has 84 valence electrons. The van der Waals surface area contributed by atoms with Gasteiger partial charge in [-0.25, -0.2) is 0 Å². The van der Waals surface area contributed by atoms with Crippen LogP contribution in [0.4, 0.5) is 5.69 Å². The Morgan fingerprint density at radius 1 is 1.06 bits per heavy atom. The van der Waals surface area contributed by atoms with E-state index in [1.807, 2.05) is 42.5 Å². The summed E-state index contributed by atoms with van der Waals surface area (Å²) in [5.41, 5.74) is 8.56. The van der Waals surface area contributed by atoms with Crippen LogP contribution < -0.4 is 5.73 Å². The minimum Gasteiger partial charge on any atom is -0.398 e. The summed E-state index contributed by atoms with van der Waals surface area (Å²) in [6.07, 6.45) is 0.612. The Balaban J connectivity index is 2.13. The Bertz CT molecular complexity index is 564. The molecule has 0 saturated heterocycles. The molecule has 0 saturated carbocycles. The highest BCUT2D eigenvalue weighted by Gasteiger charge is 1.97. The van der Waals surface area contributed by atoms with Crippen molar-refractivity contribution in [2.45, 2.75) is 6.42 Å². The fourth-order valence-corrected chi connectivity index (χ4v) is 1.69. The van der Waals surface area contributed by atoms with Crippen LogP contribution in [0.25, 0.3) is 0 Å². The van der Waals surface area contributed by atoms with Crippen molar-refractivity contribution < 1.29 is 0 Å². The van der Waals surface area contributed by atoms with Crippen molar-refractivity contribution in [1.82, 2.24) is 0 Å². The zero-order valence-electron chi connectivity index (χ0n) is 9.28. The van der Waals surface area contributed by atoms with Gasteiger partial charge in [-0.05, 0) is 35.9 Å². The lowest BCUT2D eigenvalue weighted by Gasteiger charge is -2.01. The smallest absolute Gasteiger partial charge is 0.0410 e. The molecule has 0 atom stereocenters. The SMILES string of the molecule is Nc1ccc(Cl)cc1CC#Cc1ccccc1. The Morgan fingerprint density at radius 2 is 1.82 bits per heavy atom. The lowest BCUT2D eigenvalue weighted by molar-refractivity contribution is 1.32. The van der Waals surface area contributed by atoms with E-state index in [9.17, 15) is 0 Å². The van der Waals surface area contributed by atoms with Gasteiger partial charge in [0.15, 0.2) is 0 Å². The normalized spacial score (nSPS) is 9.47. The monoisotopic (exact) mass is 241 g/mol. The minimum absolute atomic E-state index is 0.612. The van der Waals surface area contributed by atoms with Crippen LogP contribution in [-0.4, -0.2) is 0 Å². The summed E-state index contributed by atoms with van der Waals surface area (Å²) in [7, 11) is 0. The van der Waals surface area contributed by atoms with E-state index in [-0.39, 0.29) is 0 Å². The molecule has 1 nitrogen and oxygen atoms in total. The summed E-state index contributed by atoms with van der Waals surface area (Å²) in [5, 5.41) is 0.690. The summed E-state index contributed by atoms with van der Waals surface area (Å²) in [6, 6.07) is 15.3. The van der Waals surface area contributed by atoms with Crippen LogP contribution in [0, 0.1) is 11.8 Å². The van der Waals surface area contributed by atoms with Crippen LogP contribution in [0.3, 0.4) is 0 Å². The standard InChI is InChI=1S/C15H12ClN/c16-14-9-10-15(17)13(11-14)8-4-7-12-5-2-1-3-6-12/h1-3,5-6,9-11H,8,17H2. The van der Waals surface area contributed by atoms with Gasteiger partial charge < -0.3 is 5.73 Å². The molecule has 0 fully saturated rings. The highest BCUT2D eigenvalue weighted by molar-refractivity contribution is 6.30. The second-order valence-corrected chi connectivity index (χ2v) is 4.12. The number of halogens is 1. The first-order chi connectivity index (χ1) is 8.25. The molecule has 0 heterocycles. The third kappa shape index (κ3) is 3.27. The van der Waals surface area contributed by atoms with E-state index in [1.54, 1.807) is 6.07 Å². The molecule has 2 aromatic carbocycles. The Kier molecular flexibility index (Phi) is 3.69. The molecule has 0 aliphatic carbocycles. The van der Waals surface area contributed by atoms with Gasteiger partial charge >= 0.3 is 0 Å². The second kappa shape index (κ2) is 5.43. The summed E-state index contributed by atoms with van der Waals surface area (Å²) in [4.78, 5) is 0. The molecule has 0 spiro atoms. The van der Waals surface area contributed by atoms with Gasteiger partial charge in [-0.1, -0.05) is 41.6 Å². The minimum atomic E-state index is 0.612. The quantitative estimate of drug-likeness (QED) is 0.600. The first-order valence-corrected chi connectivity index (χ1v) is 5.71. The Hall–Kier alpha value is -1.91. The van der Waals surface area contributed by atoms with Crippen LogP contribution in [-0.2, 0) is 6.42 Å². The van der Waals surface area contributed by atoms with Crippen molar-refractivity contribution in [3.05, 3.63) is 64.7 Å². The first-order valence-electron chi connectivity index (χ1n) is 5.33. The van der Waals surface area contributed by atoms with Gasteiger partial charge in [0.25, 0.3) is 0 Å². The van der Waals surface area contributed by atoms with Crippen LogP contribution in [0.5, 0.6) is 0 Å². The number of hydrogen-bond acceptors (Lipinski definition) is 1. The van der Waals surface area contributed by atoms with Gasteiger partial charge in [-0.2, -0.15) is 0 Å². The molecule has 0 aliphatic rings. The number of hydrogen-bond donors (Lipinski definition) is 1. The first kappa shape index (κ1) is 11.6. The maximum Gasteiger partial charge on any atom is 0.0410 e. The molecular formula is C15H12ClN. The fraction of sp³-hybridized carbons (Fsp3) is 0.0667. The van der Waals surface area contributed by atoms with Gasteiger partial charge in [0.1, 0.15) is 0 Å². The van der Waals surface area contributed by atoms with E-state index in [1.165, 1.54) is 0 Å². The van der Waals surface area contributed by atoms with Gasteiger partial charge in [0, 0.05) is 22.7 Å². The molecular weight excluding hydrogens is 230 g/mol. The third-order valence-corrected chi connectivity index (χ3v) is 2.63. The molecule has 0 aromatic heterocycles. The Morgan fingerprint density at radius 3 is 2.59 bits per heavy atom. The van der Waals surface area contributed by atoms with Gasteiger partial charge in [-0.15, -0.1) is 0 Å². The van der Waals surface area contributed by atoms with Gasteiger partial charge in [-0.3, -0.25) is 0 Å². The van der Waals surface area contributed by atoms with Crippen LogP contribution >= 0.6 is 11.6 Å². The number of anilines is 1. The van der Waals surface area contributed by atoms with Crippen molar-refractivity contribution >= 4 is 17.3 Å². The largest absolute Gasteiger partial charge is 0.398 e. The molecule has 0 radical (unpaired) electrons. The molecule has 17 heavy (non-hydrogen) atoms. The molecule has 2 N–H and O–H groups in total. The van der Waals surface area contributed by atoms with Crippen molar-refractivity contribution in [2.24, 2.45) is 0 Å². The lowest BCUT2D eigenvalue weighted by Crippen LogP contribution is -1.92. The van der Waals surface area contributed by atoms with E-state index in [4.69, 9.17) is 17.3 Å². The van der Waals surface area contributed by atoms with Crippen LogP contribution in [0.15, 0.2) is 48.5 Å². The number of rotatable bonds is 1. The average molecular weight is 242 g/mol. The third-order valence-electron chi connectivity index (χ3n) is 2.39. The number of nitrogens with two attached hydrogens (primary N) is 1. The molecule has 0 unspecified atom stereocenters. The summed E-state index contributed by atoms with van der Waals surface area (Å²) in [6.45, 7) is 0. The van der Waals surface area contributed by atoms with E-state index < -0.39 is 0 Å². The van der Waals surface area contributed by atoms with Crippen LogP contribution in [0.2, 0.25) is 5.02 Å². The summed E-state index contributed by atoms with van der Waals surface area (Å²) < 4.78 is 0. The zero-order chi connectivity index (χ0) is 12.1. The van der Waals surface area contributed by atoms with Crippen molar-refractivity contribution in [3.63, 3.8) is 0 Å². The molecule has 2 heteroatoms. The van der Waals surface area contributed by atoms with Crippen LogP contribution in [0.1, 0.15) is 11.1 Å². The topological polar surface area (TPSA) is 26.0 Å². The van der Waals surface area contributed by atoms with E-state index >= 15 is 0 Å². The molecule has 0 amide bonds. The maximum absolute atomic E-state index is 5.91. The number of nitrogen functional groups attached to an aromatic ring is 1. The molecule has 0 bridgehead atoms. The highest BCUT2D eigenvalue weighted by Crippen LogP contribution is 2.17. The second-order valence-electron chi connectivity index (χ2n) is 3.69. The summed E-state index contributed by atoms with van der Waals surface area (Å²) >= 11 is 5.91. The lowest BCUT2D eigenvalue weighted by atomic mass is 10.1. The van der Waals surface area contributed by atoms with E-state index in [0.717, 1.165) is 16.8 Å².